The van der Waals surface area contributed by atoms with Gasteiger partial charge in [0.15, 0.2) is 0 Å². The number of allylic oxidation sites excluding steroid dienone is 2. The van der Waals surface area contributed by atoms with Crippen molar-refractivity contribution in [2.75, 3.05) is 19.6 Å². The maximum absolute atomic E-state index is 2.53. The van der Waals surface area contributed by atoms with Crippen LogP contribution >= 0.6 is 0 Å². The van der Waals surface area contributed by atoms with Gasteiger partial charge < -0.3 is 4.90 Å². The van der Waals surface area contributed by atoms with Gasteiger partial charge in [-0.3, -0.25) is 0 Å². The van der Waals surface area contributed by atoms with E-state index < -0.39 is 0 Å². The number of unbranched alkanes of at least 4 members (excludes halogenated alkanes) is 11. The highest BCUT2D eigenvalue weighted by Gasteiger charge is 1.97. The summed E-state index contributed by atoms with van der Waals surface area (Å²) in [7, 11) is 0. The highest BCUT2D eigenvalue weighted by atomic mass is 15.1. The average Bonchev–Trinajstić information content (AvgIpc) is 2.55. The summed E-state index contributed by atoms with van der Waals surface area (Å²) in [6, 6.07) is 0. The van der Waals surface area contributed by atoms with E-state index in [1.807, 2.05) is 0 Å². The number of hydrogen-bond acceptors (Lipinski definition) is 1. The van der Waals surface area contributed by atoms with Crippen molar-refractivity contribution in [3.8, 4) is 0 Å². The Labute approximate surface area is 141 Å². The lowest BCUT2D eigenvalue weighted by molar-refractivity contribution is 0.295. The van der Waals surface area contributed by atoms with Crippen molar-refractivity contribution >= 4 is 0 Å². The van der Waals surface area contributed by atoms with Crippen molar-refractivity contribution in [2.45, 2.75) is 104 Å². The molecule has 0 N–H and O–H groups in total. The van der Waals surface area contributed by atoms with Gasteiger partial charge in [-0.05, 0) is 51.7 Å². The molecule has 132 valence electrons. The Morgan fingerprint density at radius 2 is 1.00 bits per heavy atom. The molecule has 0 radical (unpaired) electrons. The van der Waals surface area contributed by atoms with Gasteiger partial charge in [-0.1, -0.05) is 84.3 Å². The van der Waals surface area contributed by atoms with E-state index in [4.69, 9.17) is 0 Å². The smallest absolute Gasteiger partial charge is 0.00190 e. The van der Waals surface area contributed by atoms with Crippen molar-refractivity contribution < 1.29 is 0 Å². The molecule has 22 heavy (non-hydrogen) atoms. The molecule has 0 aromatic rings. The molecule has 0 rings (SSSR count). The van der Waals surface area contributed by atoms with E-state index in [0.29, 0.717) is 0 Å². The maximum atomic E-state index is 2.53. The largest absolute Gasteiger partial charge is 0.304 e. The summed E-state index contributed by atoms with van der Waals surface area (Å²) in [5, 5.41) is 0. The van der Waals surface area contributed by atoms with Crippen LogP contribution in [0.25, 0.3) is 0 Å². The minimum absolute atomic E-state index is 1.21. The van der Waals surface area contributed by atoms with E-state index in [2.05, 4.69) is 37.8 Å². The zero-order valence-electron chi connectivity index (χ0n) is 15.9. The van der Waals surface area contributed by atoms with Gasteiger partial charge in [0.05, 0.1) is 0 Å². The Morgan fingerprint density at radius 3 is 1.50 bits per heavy atom. The van der Waals surface area contributed by atoms with Crippen LogP contribution in [0.5, 0.6) is 0 Å². The molecule has 0 saturated heterocycles. The van der Waals surface area contributed by atoms with Crippen molar-refractivity contribution in [2.24, 2.45) is 0 Å². The number of nitrogens with zero attached hydrogens (tertiary/aromatic N) is 1. The van der Waals surface area contributed by atoms with Gasteiger partial charge in [-0.15, -0.1) is 0 Å². The lowest BCUT2D eigenvalue weighted by atomic mass is 10.1. The summed E-state index contributed by atoms with van der Waals surface area (Å²) >= 11 is 0. The zero-order chi connectivity index (χ0) is 16.3. The van der Waals surface area contributed by atoms with Crippen LogP contribution in [0.4, 0.5) is 0 Å². The van der Waals surface area contributed by atoms with Crippen molar-refractivity contribution in [3.05, 3.63) is 12.2 Å². The normalized spacial score (nSPS) is 11.8. The van der Waals surface area contributed by atoms with Crippen LogP contribution < -0.4 is 0 Å². The van der Waals surface area contributed by atoms with Crippen LogP contribution in [-0.2, 0) is 0 Å². The third-order valence-electron chi connectivity index (χ3n) is 4.63. The summed E-state index contributed by atoms with van der Waals surface area (Å²) in [4.78, 5) is 2.53. The third kappa shape index (κ3) is 16.1. The lowest BCUT2D eigenvalue weighted by Crippen LogP contribution is -2.23. The van der Waals surface area contributed by atoms with Gasteiger partial charge in [0.25, 0.3) is 0 Å². The predicted molar refractivity (Wildman–Crippen MR) is 103 cm³/mol. The molecule has 0 atom stereocenters. The summed E-state index contributed by atoms with van der Waals surface area (Å²) in [5.74, 6) is 0. The number of rotatable bonds is 17. The Hall–Kier alpha value is -0.300. The molecule has 0 aliphatic heterocycles. The lowest BCUT2D eigenvalue weighted by Gasteiger charge is -2.17. The molecule has 0 fully saturated rings. The molecule has 1 heteroatoms. The van der Waals surface area contributed by atoms with Crippen LogP contribution in [0.1, 0.15) is 104 Å². The van der Waals surface area contributed by atoms with Crippen LogP contribution in [0.15, 0.2) is 12.2 Å². The predicted octanol–water partition coefficient (Wildman–Crippen LogP) is 6.98. The highest BCUT2D eigenvalue weighted by molar-refractivity contribution is 4.81. The van der Waals surface area contributed by atoms with Gasteiger partial charge in [0, 0.05) is 0 Å². The maximum Gasteiger partial charge on any atom is -0.00190 e. The highest BCUT2D eigenvalue weighted by Crippen LogP contribution is 2.09. The van der Waals surface area contributed by atoms with Crippen LogP contribution in [0.3, 0.4) is 0 Å². The Bertz CT molecular complexity index is 218. The van der Waals surface area contributed by atoms with Gasteiger partial charge >= 0.3 is 0 Å². The topological polar surface area (TPSA) is 3.24 Å². The first kappa shape index (κ1) is 21.7. The van der Waals surface area contributed by atoms with Crippen LogP contribution in [0.2, 0.25) is 0 Å². The second-order valence-electron chi connectivity index (χ2n) is 6.61. The zero-order valence-corrected chi connectivity index (χ0v) is 15.9. The SMILES string of the molecule is CCCCCCCCC/C=C/CCCCCCN(CC)CC. The molecule has 0 aromatic carbocycles. The van der Waals surface area contributed by atoms with E-state index in [-0.39, 0.29) is 0 Å². The fraction of sp³-hybridized carbons (Fsp3) is 0.905. The summed E-state index contributed by atoms with van der Waals surface area (Å²) < 4.78 is 0. The summed E-state index contributed by atoms with van der Waals surface area (Å²) in [6.45, 7) is 10.5. The third-order valence-corrected chi connectivity index (χ3v) is 4.63. The molecular formula is C21H43N. The van der Waals surface area contributed by atoms with E-state index >= 15 is 0 Å². The molecule has 0 spiro atoms. The van der Waals surface area contributed by atoms with Gasteiger partial charge in [0.2, 0.25) is 0 Å². The molecule has 0 amide bonds. The molecule has 0 saturated carbocycles. The molecule has 0 bridgehead atoms. The first-order chi connectivity index (χ1) is 10.8. The minimum Gasteiger partial charge on any atom is -0.304 e. The van der Waals surface area contributed by atoms with E-state index in [1.165, 1.54) is 103 Å². The second-order valence-corrected chi connectivity index (χ2v) is 6.61. The minimum atomic E-state index is 1.21. The van der Waals surface area contributed by atoms with Crippen LogP contribution in [-0.4, -0.2) is 24.5 Å². The second kappa shape index (κ2) is 18.7. The van der Waals surface area contributed by atoms with Crippen LogP contribution in [0, 0.1) is 0 Å². The fourth-order valence-corrected chi connectivity index (χ4v) is 2.95. The average molecular weight is 310 g/mol. The Balaban J connectivity index is 3.14. The first-order valence-electron chi connectivity index (χ1n) is 10.2. The fourth-order valence-electron chi connectivity index (χ4n) is 2.95. The van der Waals surface area contributed by atoms with E-state index in [0.717, 1.165) is 0 Å². The van der Waals surface area contributed by atoms with Gasteiger partial charge in [0.1, 0.15) is 0 Å². The molecular weight excluding hydrogens is 266 g/mol. The molecule has 0 unspecified atom stereocenters. The van der Waals surface area contributed by atoms with Crippen molar-refractivity contribution in [1.29, 1.82) is 0 Å². The summed E-state index contributed by atoms with van der Waals surface area (Å²) in [5.41, 5.74) is 0. The standard InChI is InChI=1S/C21H43N/c1-4-7-8-9-10-11-12-13-14-15-16-17-18-19-20-21-22(5-2)6-3/h14-15H,4-13,16-21H2,1-3H3/b15-14+. The Morgan fingerprint density at radius 1 is 0.545 bits per heavy atom. The van der Waals surface area contributed by atoms with Crippen molar-refractivity contribution in [1.82, 2.24) is 4.90 Å². The molecule has 0 aromatic heterocycles. The Kier molecular flexibility index (Phi) is 18.5. The quantitative estimate of drug-likeness (QED) is 0.207. The molecule has 0 aliphatic rings. The number of hydrogen-bond donors (Lipinski definition) is 0. The summed E-state index contributed by atoms with van der Waals surface area (Å²) in [6.07, 6.45) is 23.0. The van der Waals surface area contributed by atoms with Gasteiger partial charge in [-0.25, -0.2) is 0 Å². The van der Waals surface area contributed by atoms with Crippen molar-refractivity contribution in [3.63, 3.8) is 0 Å². The molecule has 0 aliphatic carbocycles. The van der Waals surface area contributed by atoms with E-state index in [9.17, 15) is 0 Å². The molecule has 0 heterocycles. The molecule has 1 nitrogen and oxygen atoms in total. The van der Waals surface area contributed by atoms with Gasteiger partial charge in [-0.2, -0.15) is 0 Å². The monoisotopic (exact) mass is 309 g/mol. The first-order valence-corrected chi connectivity index (χ1v) is 10.2. The van der Waals surface area contributed by atoms with E-state index in [1.54, 1.807) is 0 Å².